The van der Waals surface area contributed by atoms with Gasteiger partial charge in [0.2, 0.25) is 0 Å². The maximum atomic E-state index is 11.6. The second-order valence-electron chi connectivity index (χ2n) is 5.10. The van der Waals surface area contributed by atoms with Gasteiger partial charge in [0.1, 0.15) is 12.9 Å². The summed E-state index contributed by atoms with van der Waals surface area (Å²) in [4.78, 5) is 11.6. The first kappa shape index (κ1) is 13.6. The molecule has 0 heterocycles. The number of carbonyl (C=O) groups is 1. The number of rotatable bonds is 6. The van der Waals surface area contributed by atoms with Gasteiger partial charge in [0.15, 0.2) is 0 Å². The Bertz CT molecular complexity index is 313. The normalized spacial score (nSPS) is 33.7. The van der Waals surface area contributed by atoms with Crippen molar-refractivity contribution < 1.29 is 19.0 Å². The predicted octanol–water partition coefficient (Wildman–Crippen LogP) is 2.28. The zero-order valence-corrected chi connectivity index (χ0v) is 11.1. The van der Waals surface area contributed by atoms with Gasteiger partial charge in [-0.2, -0.15) is 0 Å². The standard InChI is InChI=1S/C14H22O4/c1-3-4-14(15)18-12-6-5-10-7-11(12)13(8-10)17-9-16-2/h5-6,10-13H,3-4,7-9H2,1-2H3/t10-,11-,12+,13-/m0/s1. The molecule has 0 N–H and O–H groups in total. The van der Waals surface area contributed by atoms with Crippen molar-refractivity contribution in [1.29, 1.82) is 0 Å². The summed E-state index contributed by atoms with van der Waals surface area (Å²) in [6.07, 6.45) is 7.59. The lowest BCUT2D eigenvalue weighted by molar-refractivity contribution is -0.153. The van der Waals surface area contributed by atoms with Crippen LogP contribution in [0.5, 0.6) is 0 Å². The minimum Gasteiger partial charge on any atom is -0.458 e. The van der Waals surface area contributed by atoms with Crippen LogP contribution in [0.1, 0.15) is 32.6 Å². The number of allylic oxidation sites excluding steroid dienone is 1. The highest BCUT2D eigenvalue weighted by molar-refractivity contribution is 5.69. The van der Waals surface area contributed by atoms with E-state index in [1.807, 2.05) is 13.0 Å². The zero-order chi connectivity index (χ0) is 13.0. The van der Waals surface area contributed by atoms with E-state index in [9.17, 15) is 4.79 Å². The predicted molar refractivity (Wildman–Crippen MR) is 66.9 cm³/mol. The molecule has 4 nitrogen and oxygen atoms in total. The lowest BCUT2D eigenvalue weighted by Crippen LogP contribution is -2.33. The molecule has 1 saturated carbocycles. The smallest absolute Gasteiger partial charge is 0.306 e. The number of fused-ring (bicyclic) bond motifs is 2. The number of hydrogen-bond donors (Lipinski definition) is 0. The molecule has 2 aliphatic carbocycles. The summed E-state index contributed by atoms with van der Waals surface area (Å²) in [5.41, 5.74) is 0. The Hall–Kier alpha value is -0.870. The van der Waals surface area contributed by atoms with Crippen molar-refractivity contribution in [2.24, 2.45) is 11.8 Å². The van der Waals surface area contributed by atoms with Crippen LogP contribution in [0.3, 0.4) is 0 Å². The molecule has 2 bridgehead atoms. The molecule has 1 fully saturated rings. The average Bonchev–Trinajstić information content (AvgIpc) is 2.69. The van der Waals surface area contributed by atoms with Gasteiger partial charge in [-0.25, -0.2) is 0 Å². The van der Waals surface area contributed by atoms with Crippen LogP contribution in [-0.2, 0) is 19.0 Å². The number of carbonyl (C=O) groups excluding carboxylic acids is 1. The number of methoxy groups -OCH3 is 1. The summed E-state index contributed by atoms with van der Waals surface area (Å²) >= 11 is 0. The largest absolute Gasteiger partial charge is 0.458 e. The fraction of sp³-hybridized carbons (Fsp3) is 0.786. The number of hydrogen-bond acceptors (Lipinski definition) is 4. The van der Waals surface area contributed by atoms with Crippen LogP contribution in [-0.4, -0.2) is 32.1 Å². The molecule has 2 aliphatic rings. The zero-order valence-electron chi connectivity index (χ0n) is 11.1. The van der Waals surface area contributed by atoms with Gasteiger partial charge in [-0.05, 0) is 31.3 Å². The third kappa shape index (κ3) is 3.12. The first-order valence-electron chi connectivity index (χ1n) is 6.73. The Labute approximate surface area is 108 Å². The van der Waals surface area contributed by atoms with Crippen LogP contribution < -0.4 is 0 Å². The van der Waals surface area contributed by atoms with Crippen molar-refractivity contribution in [2.75, 3.05) is 13.9 Å². The van der Waals surface area contributed by atoms with E-state index in [-0.39, 0.29) is 24.1 Å². The highest BCUT2D eigenvalue weighted by Gasteiger charge is 2.42. The van der Waals surface area contributed by atoms with Crippen LogP contribution in [0.2, 0.25) is 0 Å². The lowest BCUT2D eigenvalue weighted by Gasteiger charge is -2.27. The quantitative estimate of drug-likeness (QED) is 0.414. The highest BCUT2D eigenvalue weighted by Crippen LogP contribution is 2.41. The molecule has 0 aromatic rings. The molecule has 0 saturated heterocycles. The number of ether oxygens (including phenoxy) is 3. The Morgan fingerprint density at radius 2 is 2.17 bits per heavy atom. The number of esters is 1. The van der Waals surface area contributed by atoms with Crippen molar-refractivity contribution in [3.63, 3.8) is 0 Å². The van der Waals surface area contributed by atoms with E-state index in [1.165, 1.54) is 0 Å². The molecule has 0 unspecified atom stereocenters. The maximum absolute atomic E-state index is 11.6. The van der Waals surface area contributed by atoms with Crippen LogP contribution >= 0.6 is 0 Å². The van der Waals surface area contributed by atoms with Crippen molar-refractivity contribution in [3.05, 3.63) is 12.2 Å². The molecule has 4 atom stereocenters. The van der Waals surface area contributed by atoms with E-state index in [0.717, 1.165) is 19.3 Å². The molecule has 0 amide bonds. The van der Waals surface area contributed by atoms with Gasteiger partial charge in [0.05, 0.1) is 6.10 Å². The molecule has 4 heteroatoms. The van der Waals surface area contributed by atoms with E-state index < -0.39 is 0 Å². The van der Waals surface area contributed by atoms with Gasteiger partial charge >= 0.3 is 5.97 Å². The van der Waals surface area contributed by atoms with Gasteiger partial charge in [-0.1, -0.05) is 13.0 Å². The van der Waals surface area contributed by atoms with E-state index in [0.29, 0.717) is 19.1 Å². The van der Waals surface area contributed by atoms with Crippen molar-refractivity contribution in [1.82, 2.24) is 0 Å². The van der Waals surface area contributed by atoms with E-state index in [2.05, 4.69) is 6.08 Å². The summed E-state index contributed by atoms with van der Waals surface area (Å²) in [5, 5.41) is 0. The van der Waals surface area contributed by atoms with Crippen LogP contribution in [0.4, 0.5) is 0 Å². The van der Waals surface area contributed by atoms with Crippen molar-refractivity contribution >= 4 is 5.97 Å². The third-order valence-corrected chi connectivity index (χ3v) is 3.70. The molecule has 0 aliphatic heterocycles. The first-order chi connectivity index (χ1) is 8.74. The average molecular weight is 254 g/mol. The Morgan fingerprint density at radius 1 is 1.33 bits per heavy atom. The molecular formula is C14H22O4. The summed E-state index contributed by atoms with van der Waals surface area (Å²) in [7, 11) is 1.62. The lowest BCUT2D eigenvalue weighted by atomic mass is 9.92. The summed E-state index contributed by atoms with van der Waals surface area (Å²) < 4.78 is 16.2. The monoisotopic (exact) mass is 254 g/mol. The highest BCUT2D eigenvalue weighted by atomic mass is 16.7. The maximum Gasteiger partial charge on any atom is 0.306 e. The topological polar surface area (TPSA) is 44.8 Å². The summed E-state index contributed by atoms with van der Waals surface area (Å²) in [6.45, 7) is 2.29. The molecule has 0 spiro atoms. The Balaban J connectivity index is 1.92. The third-order valence-electron chi connectivity index (χ3n) is 3.70. The van der Waals surface area contributed by atoms with E-state index in [1.54, 1.807) is 7.11 Å². The minimum absolute atomic E-state index is 0.108. The summed E-state index contributed by atoms with van der Waals surface area (Å²) in [6, 6.07) is 0. The second-order valence-corrected chi connectivity index (χ2v) is 5.10. The molecule has 18 heavy (non-hydrogen) atoms. The minimum atomic E-state index is -0.121. The fourth-order valence-electron chi connectivity index (χ4n) is 2.87. The van der Waals surface area contributed by atoms with Crippen LogP contribution in [0, 0.1) is 11.8 Å². The van der Waals surface area contributed by atoms with Gasteiger partial charge in [-0.15, -0.1) is 0 Å². The molecule has 2 rings (SSSR count). The van der Waals surface area contributed by atoms with Gasteiger partial charge in [0, 0.05) is 19.4 Å². The Morgan fingerprint density at radius 3 is 2.89 bits per heavy atom. The second kappa shape index (κ2) is 6.34. The summed E-state index contributed by atoms with van der Waals surface area (Å²) in [5.74, 6) is 0.747. The fourth-order valence-corrected chi connectivity index (χ4v) is 2.87. The molecule has 0 aromatic carbocycles. The first-order valence-corrected chi connectivity index (χ1v) is 6.73. The van der Waals surface area contributed by atoms with Crippen molar-refractivity contribution in [3.8, 4) is 0 Å². The van der Waals surface area contributed by atoms with Crippen LogP contribution in [0.25, 0.3) is 0 Å². The molecule has 102 valence electrons. The molecule has 0 radical (unpaired) electrons. The molecular weight excluding hydrogens is 232 g/mol. The van der Waals surface area contributed by atoms with Gasteiger partial charge in [-0.3, -0.25) is 4.79 Å². The SMILES string of the molecule is CCCC(=O)O[C@@H]1C=C[C@H]2C[C@@H]1[C@@H](OCOC)C2. The van der Waals surface area contributed by atoms with Crippen molar-refractivity contribution in [2.45, 2.75) is 44.8 Å². The van der Waals surface area contributed by atoms with E-state index >= 15 is 0 Å². The van der Waals surface area contributed by atoms with Crippen LogP contribution in [0.15, 0.2) is 12.2 Å². The molecule has 0 aromatic heterocycles. The van der Waals surface area contributed by atoms with E-state index in [4.69, 9.17) is 14.2 Å². The van der Waals surface area contributed by atoms with Gasteiger partial charge in [0.25, 0.3) is 0 Å². The Kier molecular flexibility index (Phi) is 4.78. The van der Waals surface area contributed by atoms with Gasteiger partial charge < -0.3 is 14.2 Å².